The zero-order chi connectivity index (χ0) is 17.1. The maximum atomic E-state index is 13.4. The van der Waals surface area contributed by atoms with Crippen molar-refractivity contribution in [3.8, 4) is 0 Å². The summed E-state index contributed by atoms with van der Waals surface area (Å²) in [6.45, 7) is 10.9. The van der Waals surface area contributed by atoms with Gasteiger partial charge in [-0.2, -0.15) is 0 Å². The van der Waals surface area contributed by atoms with E-state index < -0.39 is 0 Å². The average Bonchev–Trinajstić information content (AvgIpc) is 3.03. The van der Waals surface area contributed by atoms with E-state index in [1.54, 1.807) is 12.1 Å². The molecule has 1 aliphatic rings. The van der Waals surface area contributed by atoms with E-state index in [1.807, 2.05) is 10.7 Å². The summed E-state index contributed by atoms with van der Waals surface area (Å²) >= 11 is 0. The van der Waals surface area contributed by atoms with Crippen molar-refractivity contribution in [3.63, 3.8) is 0 Å². The van der Waals surface area contributed by atoms with Gasteiger partial charge in [-0.3, -0.25) is 9.80 Å². The van der Waals surface area contributed by atoms with E-state index in [2.05, 4.69) is 46.1 Å². The minimum absolute atomic E-state index is 0.168. The molecule has 0 aliphatic carbocycles. The number of aromatic nitrogens is 4. The lowest BCUT2D eigenvalue weighted by molar-refractivity contribution is 0.0948. The zero-order valence-electron chi connectivity index (χ0n) is 14.6. The van der Waals surface area contributed by atoms with E-state index in [-0.39, 0.29) is 17.9 Å². The molecule has 1 unspecified atom stereocenters. The van der Waals surface area contributed by atoms with Crippen molar-refractivity contribution in [1.82, 2.24) is 30.0 Å². The summed E-state index contributed by atoms with van der Waals surface area (Å²) in [6.07, 6.45) is 0. The highest BCUT2D eigenvalue weighted by molar-refractivity contribution is 5.19. The molecule has 1 aromatic heterocycles. The SMILES string of the molecule is CC(c1cccc(F)c1)N1CCN(Cc2nnnn2C(C)C)CC1. The molecule has 1 aliphatic heterocycles. The molecule has 1 fully saturated rings. The minimum Gasteiger partial charge on any atom is -0.294 e. The Bertz CT molecular complexity index is 663. The van der Waals surface area contributed by atoms with Crippen molar-refractivity contribution in [2.45, 2.75) is 39.4 Å². The van der Waals surface area contributed by atoms with E-state index in [0.29, 0.717) is 0 Å². The first-order valence-electron chi connectivity index (χ1n) is 8.53. The molecule has 0 bridgehead atoms. The third-order valence-corrected chi connectivity index (χ3v) is 4.70. The smallest absolute Gasteiger partial charge is 0.165 e. The Morgan fingerprint density at radius 1 is 1.12 bits per heavy atom. The summed E-state index contributed by atoms with van der Waals surface area (Å²) in [6, 6.07) is 7.40. The fraction of sp³-hybridized carbons (Fsp3) is 0.588. The highest BCUT2D eigenvalue weighted by atomic mass is 19.1. The van der Waals surface area contributed by atoms with Crippen LogP contribution in [0.2, 0.25) is 0 Å². The average molecular weight is 332 g/mol. The van der Waals surface area contributed by atoms with Gasteiger partial charge in [0.05, 0.1) is 12.6 Å². The molecule has 6 nitrogen and oxygen atoms in total. The number of hydrogen-bond acceptors (Lipinski definition) is 5. The molecular formula is C17H25FN6. The molecule has 0 spiro atoms. The molecule has 2 heterocycles. The second-order valence-electron chi connectivity index (χ2n) is 6.68. The van der Waals surface area contributed by atoms with Gasteiger partial charge in [-0.1, -0.05) is 12.1 Å². The van der Waals surface area contributed by atoms with Gasteiger partial charge in [0.15, 0.2) is 5.82 Å². The molecule has 0 N–H and O–H groups in total. The molecule has 2 aromatic rings. The zero-order valence-corrected chi connectivity index (χ0v) is 14.6. The Kier molecular flexibility index (Phi) is 5.20. The fourth-order valence-electron chi connectivity index (χ4n) is 3.20. The molecule has 0 amide bonds. The Morgan fingerprint density at radius 3 is 2.54 bits per heavy atom. The molecular weight excluding hydrogens is 307 g/mol. The van der Waals surface area contributed by atoms with Crippen LogP contribution < -0.4 is 0 Å². The van der Waals surface area contributed by atoms with Crippen LogP contribution in [0.5, 0.6) is 0 Å². The first-order chi connectivity index (χ1) is 11.5. The van der Waals surface area contributed by atoms with Crippen molar-refractivity contribution < 1.29 is 4.39 Å². The second-order valence-corrected chi connectivity index (χ2v) is 6.68. The van der Waals surface area contributed by atoms with Gasteiger partial charge in [0.2, 0.25) is 0 Å². The molecule has 7 heteroatoms. The molecule has 1 atom stereocenters. The minimum atomic E-state index is -0.168. The largest absolute Gasteiger partial charge is 0.294 e. The van der Waals surface area contributed by atoms with Crippen molar-refractivity contribution >= 4 is 0 Å². The van der Waals surface area contributed by atoms with Gasteiger partial charge in [0.25, 0.3) is 0 Å². The highest BCUT2D eigenvalue weighted by Crippen LogP contribution is 2.22. The number of rotatable bonds is 5. The van der Waals surface area contributed by atoms with Crippen LogP contribution in [-0.4, -0.2) is 56.2 Å². The van der Waals surface area contributed by atoms with Crippen LogP contribution >= 0.6 is 0 Å². The number of nitrogens with zero attached hydrogens (tertiary/aromatic N) is 6. The number of piperazine rings is 1. The third kappa shape index (κ3) is 3.79. The van der Waals surface area contributed by atoms with Crippen molar-refractivity contribution in [1.29, 1.82) is 0 Å². The Morgan fingerprint density at radius 2 is 1.88 bits per heavy atom. The van der Waals surface area contributed by atoms with Gasteiger partial charge >= 0.3 is 0 Å². The van der Waals surface area contributed by atoms with Crippen molar-refractivity contribution in [2.24, 2.45) is 0 Å². The van der Waals surface area contributed by atoms with E-state index in [9.17, 15) is 4.39 Å². The number of hydrogen-bond donors (Lipinski definition) is 0. The van der Waals surface area contributed by atoms with E-state index >= 15 is 0 Å². The Balaban J connectivity index is 1.56. The highest BCUT2D eigenvalue weighted by Gasteiger charge is 2.23. The molecule has 24 heavy (non-hydrogen) atoms. The first kappa shape index (κ1) is 17.0. The van der Waals surface area contributed by atoms with E-state index in [1.165, 1.54) is 6.07 Å². The van der Waals surface area contributed by atoms with E-state index in [4.69, 9.17) is 0 Å². The molecule has 1 saturated heterocycles. The Labute approximate surface area is 142 Å². The molecule has 3 rings (SSSR count). The topological polar surface area (TPSA) is 50.1 Å². The van der Waals surface area contributed by atoms with Crippen molar-refractivity contribution in [3.05, 3.63) is 41.5 Å². The Hall–Kier alpha value is -1.86. The summed E-state index contributed by atoms with van der Waals surface area (Å²) in [5, 5.41) is 12.0. The van der Waals surface area contributed by atoms with Crippen LogP contribution in [-0.2, 0) is 6.54 Å². The summed E-state index contributed by atoms with van der Waals surface area (Å²) in [7, 11) is 0. The molecule has 0 radical (unpaired) electrons. The van der Waals surface area contributed by atoms with Gasteiger partial charge in [-0.25, -0.2) is 9.07 Å². The van der Waals surface area contributed by atoms with E-state index in [0.717, 1.165) is 44.1 Å². The quantitative estimate of drug-likeness (QED) is 0.841. The van der Waals surface area contributed by atoms with Crippen LogP contribution in [0.15, 0.2) is 24.3 Å². The van der Waals surface area contributed by atoms with Crippen molar-refractivity contribution in [2.75, 3.05) is 26.2 Å². The third-order valence-electron chi connectivity index (χ3n) is 4.70. The molecule has 1 aromatic carbocycles. The summed E-state index contributed by atoms with van der Waals surface area (Å²) in [5.74, 6) is 0.745. The lowest BCUT2D eigenvalue weighted by atomic mass is 10.1. The normalized spacial score (nSPS) is 18.2. The van der Waals surface area contributed by atoms with Crippen LogP contribution in [0.1, 0.15) is 44.2 Å². The van der Waals surface area contributed by atoms with Gasteiger partial charge in [-0.15, -0.1) is 5.10 Å². The fourth-order valence-corrected chi connectivity index (χ4v) is 3.20. The van der Waals surface area contributed by atoms with Crippen LogP contribution in [0.4, 0.5) is 4.39 Å². The van der Waals surface area contributed by atoms with Crippen LogP contribution in [0.25, 0.3) is 0 Å². The lowest BCUT2D eigenvalue weighted by Gasteiger charge is -2.38. The maximum Gasteiger partial charge on any atom is 0.165 e. The summed E-state index contributed by atoms with van der Waals surface area (Å²) in [5.41, 5.74) is 1.03. The second kappa shape index (κ2) is 7.36. The summed E-state index contributed by atoms with van der Waals surface area (Å²) < 4.78 is 15.3. The number of benzene rings is 1. The monoisotopic (exact) mass is 332 g/mol. The van der Waals surface area contributed by atoms with Gasteiger partial charge < -0.3 is 0 Å². The van der Waals surface area contributed by atoms with Gasteiger partial charge in [0, 0.05) is 32.2 Å². The lowest BCUT2D eigenvalue weighted by Crippen LogP contribution is -2.47. The standard InChI is InChI=1S/C17H25FN6/c1-13(2)24-17(19-20-21-24)12-22-7-9-23(10-8-22)14(3)15-5-4-6-16(18)11-15/h4-6,11,13-14H,7-10,12H2,1-3H3. The number of halogens is 1. The molecule has 130 valence electrons. The van der Waals surface area contributed by atoms with Crippen LogP contribution in [0.3, 0.4) is 0 Å². The maximum absolute atomic E-state index is 13.4. The number of tetrazole rings is 1. The van der Waals surface area contributed by atoms with Crippen LogP contribution in [0, 0.1) is 5.82 Å². The first-order valence-corrected chi connectivity index (χ1v) is 8.53. The van der Waals surface area contributed by atoms with Gasteiger partial charge in [0.1, 0.15) is 5.82 Å². The predicted molar refractivity (Wildman–Crippen MR) is 89.9 cm³/mol. The van der Waals surface area contributed by atoms with Gasteiger partial charge in [-0.05, 0) is 48.9 Å². The predicted octanol–water partition coefficient (Wildman–Crippen LogP) is 2.27. The molecule has 0 saturated carbocycles. The summed E-state index contributed by atoms with van der Waals surface area (Å²) in [4.78, 5) is 4.77.